The van der Waals surface area contributed by atoms with E-state index in [9.17, 15) is 9.90 Å². The number of aryl methyl sites for hydroxylation is 2. The first kappa shape index (κ1) is 16.1. The summed E-state index contributed by atoms with van der Waals surface area (Å²) in [4.78, 5) is 19.7. The molecule has 1 N–H and O–H groups in total. The number of carboxylic acids is 1. The predicted molar refractivity (Wildman–Crippen MR) is 91.9 cm³/mol. The van der Waals surface area contributed by atoms with Gasteiger partial charge >= 0.3 is 5.97 Å². The lowest BCUT2D eigenvalue weighted by atomic mass is 9.96. The molecule has 1 aliphatic heterocycles. The predicted octanol–water partition coefficient (Wildman–Crippen LogP) is 3.79. The molecule has 122 valence electrons. The van der Waals surface area contributed by atoms with Crippen molar-refractivity contribution in [1.29, 1.82) is 0 Å². The molecular weight excluding hydrogens is 308 g/mol. The number of carbonyl (C=O) groups is 1. The minimum atomic E-state index is -0.726. The number of hydrogen-bond acceptors (Lipinski definition) is 4. The van der Waals surface area contributed by atoms with Crippen molar-refractivity contribution in [3.63, 3.8) is 0 Å². The smallest absolute Gasteiger partial charge is 0.320 e. The first-order valence-corrected chi connectivity index (χ1v) is 8.91. The van der Waals surface area contributed by atoms with Crippen LogP contribution >= 0.6 is 11.3 Å². The van der Waals surface area contributed by atoms with Crippen molar-refractivity contribution in [2.24, 2.45) is 0 Å². The number of likely N-dealkylation sites (tertiary alicyclic amines) is 1. The van der Waals surface area contributed by atoms with Crippen LogP contribution < -0.4 is 0 Å². The Balaban J connectivity index is 2.06. The third-order valence-corrected chi connectivity index (χ3v) is 5.60. The third kappa shape index (κ3) is 3.31. The number of nitrogens with zero attached hydrogens (tertiary/aromatic N) is 2. The summed E-state index contributed by atoms with van der Waals surface area (Å²) in [6.07, 6.45) is 4.59. The van der Waals surface area contributed by atoms with Gasteiger partial charge in [-0.05, 0) is 55.3 Å². The third-order valence-electron chi connectivity index (χ3n) is 4.53. The zero-order chi connectivity index (χ0) is 16.4. The van der Waals surface area contributed by atoms with Crippen molar-refractivity contribution in [3.05, 3.63) is 51.5 Å². The van der Waals surface area contributed by atoms with Crippen LogP contribution in [0.5, 0.6) is 0 Å². The van der Waals surface area contributed by atoms with E-state index < -0.39 is 12.0 Å². The molecule has 0 radical (unpaired) electrons. The normalized spacial score (nSPS) is 20.3. The van der Waals surface area contributed by atoms with E-state index in [0.717, 1.165) is 30.6 Å². The lowest BCUT2D eigenvalue weighted by Gasteiger charge is -2.38. The molecule has 23 heavy (non-hydrogen) atoms. The van der Waals surface area contributed by atoms with Crippen molar-refractivity contribution in [2.75, 3.05) is 6.54 Å². The molecule has 5 heteroatoms. The Morgan fingerprint density at radius 3 is 2.78 bits per heavy atom. The van der Waals surface area contributed by atoms with Crippen molar-refractivity contribution in [1.82, 2.24) is 9.88 Å². The molecule has 0 spiro atoms. The summed E-state index contributed by atoms with van der Waals surface area (Å²) in [6.45, 7) is 4.91. The topological polar surface area (TPSA) is 53.4 Å². The first-order valence-electron chi connectivity index (χ1n) is 8.03. The summed E-state index contributed by atoms with van der Waals surface area (Å²) < 4.78 is 0. The summed E-state index contributed by atoms with van der Waals surface area (Å²) in [7, 11) is 0. The van der Waals surface area contributed by atoms with E-state index in [-0.39, 0.29) is 6.04 Å². The molecule has 0 saturated carbocycles. The first-order chi connectivity index (χ1) is 11.1. The van der Waals surface area contributed by atoms with Crippen LogP contribution in [0.2, 0.25) is 0 Å². The number of aliphatic carboxylic acids is 1. The summed E-state index contributed by atoms with van der Waals surface area (Å²) in [5, 5.41) is 11.7. The maximum atomic E-state index is 11.8. The number of pyridine rings is 1. The van der Waals surface area contributed by atoms with Crippen molar-refractivity contribution in [2.45, 2.75) is 45.2 Å². The molecular formula is C18H22N2O2S. The number of carboxylic acid groups (broad SMARTS) is 1. The summed E-state index contributed by atoms with van der Waals surface area (Å²) in [5.41, 5.74) is 3.26. The molecule has 3 rings (SSSR count). The van der Waals surface area contributed by atoms with Crippen LogP contribution in [0.25, 0.3) is 0 Å². The highest BCUT2D eigenvalue weighted by Crippen LogP contribution is 2.37. The number of piperidine rings is 1. The number of thiophene rings is 1. The van der Waals surface area contributed by atoms with Gasteiger partial charge in [0.25, 0.3) is 0 Å². The van der Waals surface area contributed by atoms with Gasteiger partial charge in [0.15, 0.2) is 0 Å². The molecule has 0 aromatic carbocycles. The summed E-state index contributed by atoms with van der Waals surface area (Å²) in [6, 6.07) is 5.68. The highest BCUT2D eigenvalue weighted by molar-refractivity contribution is 7.10. The Hall–Kier alpha value is -1.72. The van der Waals surface area contributed by atoms with E-state index in [1.165, 1.54) is 10.4 Å². The van der Waals surface area contributed by atoms with Crippen molar-refractivity contribution >= 4 is 17.3 Å². The Labute approximate surface area is 140 Å². The lowest BCUT2D eigenvalue weighted by Crippen LogP contribution is -2.47. The van der Waals surface area contributed by atoms with Gasteiger partial charge in [-0.3, -0.25) is 14.7 Å². The van der Waals surface area contributed by atoms with Crippen LogP contribution in [0.4, 0.5) is 0 Å². The zero-order valence-electron chi connectivity index (χ0n) is 13.5. The largest absolute Gasteiger partial charge is 0.480 e. The van der Waals surface area contributed by atoms with Gasteiger partial charge in [0.1, 0.15) is 6.04 Å². The number of hydrogen-bond donors (Lipinski definition) is 1. The SMILES string of the molecule is Cc1ccc(C(c2sccc2C)N2CCCCC2C(=O)O)nc1. The van der Waals surface area contributed by atoms with E-state index in [2.05, 4.69) is 34.3 Å². The Kier molecular flexibility index (Phi) is 4.78. The number of rotatable bonds is 4. The standard InChI is InChI=1S/C18H22N2O2S/c1-12-6-7-14(19-11-12)16(17-13(2)8-10-23-17)20-9-4-3-5-15(20)18(21)22/h6-8,10-11,15-16H,3-5,9H2,1-2H3,(H,21,22). The van der Waals surface area contributed by atoms with E-state index >= 15 is 0 Å². The van der Waals surface area contributed by atoms with Crippen LogP contribution in [0.15, 0.2) is 29.8 Å². The molecule has 4 nitrogen and oxygen atoms in total. The fourth-order valence-electron chi connectivity index (χ4n) is 3.29. The van der Waals surface area contributed by atoms with Gasteiger partial charge in [0, 0.05) is 17.6 Å². The van der Waals surface area contributed by atoms with E-state index in [1.807, 2.05) is 19.2 Å². The van der Waals surface area contributed by atoms with E-state index in [0.29, 0.717) is 6.42 Å². The highest BCUT2D eigenvalue weighted by atomic mass is 32.1. The second-order valence-corrected chi connectivity index (χ2v) is 7.17. The maximum absolute atomic E-state index is 11.8. The Bertz CT molecular complexity index is 681. The summed E-state index contributed by atoms with van der Waals surface area (Å²) in [5.74, 6) is -0.726. The average Bonchev–Trinajstić information content (AvgIpc) is 2.96. The fraction of sp³-hybridized carbons (Fsp3) is 0.444. The van der Waals surface area contributed by atoms with E-state index in [1.54, 1.807) is 11.3 Å². The monoisotopic (exact) mass is 330 g/mol. The van der Waals surface area contributed by atoms with Crippen molar-refractivity contribution < 1.29 is 9.90 Å². The van der Waals surface area contributed by atoms with Gasteiger partial charge in [-0.15, -0.1) is 11.3 Å². The molecule has 0 aliphatic carbocycles. The number of aromatic nitrogens is 1. The van der Waals surface area contributed by atoms with Gasteiger partial charge in [-0.1, -0.05) is 12.5 Å². The van der Waals surface area contributed by atoms with Gasteiger partial charge in [0.2, 0.25) is 0 Å². The second-order valence-electron chi connectivity index (χ2n) is 6.22. The quantitative estimate of drug-likeness (QED) is 0.927. The minimum absolute atomic E-state index is 0.0722. The molecule has 3 heterocycles. The highest BCUT2D eigenvalue weighted by Gasteiger charge is 2.36. The second kappa shape index (κ2) is 6.81. The van der Waals surface area contributed by atoms with Gasteiger partial charge in [-0.2, -0.15) is 0 Å². The van der Waals surface area contributed by atoms with Crippen LogP contribution in [0, 0.1) is 13.8 Å². The minimum Gasteiger partial charge on any atom is -0.480 e. The fourth-order valence-corrected chi connectivity index (χ4v) is 4.35. The molecule has 1 fully saturated rings. The lowest BCUT2D eigenvalue weighted by molar-refractivity contribution is -0.145. The van der Waals surface area contributed by atoms with Gasteiger partial charge in [0.05, 0.1) is 11.7 Å². The molecule has 2 atom stereocenters. The van der Waals surface area contributed by atoms with Crippen LogP contribution in [0.1, 0.15) is 47.0 Å². The molecule has 2 aromatic rings. The molecule has 2 unspecified atom stereocenters. The molecule has 1 saturated heterocycles. The average molecular weight is 330 g/mol. The van der Waals surface area contributed by atoms with Gasteiger partial charge < -0.3 is 5.11 Å². The maximum Gasteiger partial charge on any atom is 0.320 e. The van der Waals surface area contributed by atoms with Gasteiger partial charge in [-0.25, -0.2) is 0 Å². The Morgan fingerprint density at radius 2 is 2.17 bits per heavy atom. The molecule has 1 aliphatic rings. The molecule has 0 amide bonds. The zero-order valence-corrected chi connectivity index (χ0v) is 14.3. The van der Waals surface area contributed by atoms with Crippen molar-refractivity contribution in [3.8, 4) is 0 Å². The van der Waals surface area contributed by atoms with E-state index in [4.69, 9.17) is 0 Å². The summed E-state index contributed by atoms with van der Waals surface area (Å²) >= 11 is 1.69. The molecule has 0 bridgehead atoms. The molecule has 2 aromatic heterocycles. The van der Waals surface area contributed by atoms with Crippen LogP contribution in [0.3, 0.4) is 0 Å². The Morgan fingerprint density at radius 1 is 1.35 bits per heavy atom. The van der Waals surface area contributed by atoms with Crippen LogP contribution in [-0.4, -0.2) is 33.5 Å². The van der Waals surface area contributed by atoms with Crippen LogP contribution in [-0.2, 0) is 4.79 Å².